The van der Waals surface area contributed by atoms with Gasteiger partial charge in [-0.1, -0.05) is 93.2 Å². The van der Waals surface area contributed by atoms with Crippen LogP contribution in [0.2, 0.25) is 0 Å². The van der Waals surface area contributed by atoms with Crippen molar-refractivity contribution in [1.29, 1.82) is 0 Å². The number of ether oxygens (including phenoxy) is 3. The summed E-state index contributed by atoms with van der Waals surface area (Å²) in [4.78, 5) is 12.3. The van der Waals surface area contributed by atoms with Crippen molar-refractivity contribution in [3.63, 3.8) is 0 Å². The number of aliphatic hydroxyl groups excluding tert-OH is 2. The van der Waals surface area contributed by atoms with Crippen LogP contribution < -0.4 is 0 Å². The third-order valence-corrected chi connectivity index (χ3v) is 5.92. The Morgan fingerprint density at radius 3 is 2.33 bits per heavy atom. The van der Waals surface area contributed by atoms with Gasteiger partial charge in [0.2, 0.25) is 0 Å². The van der Waals surface area contributed by atoms with Crippen molar-refractivity contribution >= 4 is 5.97 Å². The summed E-state index contributed by atoms with van der Waals surface area (Å²) in [7, 11) is 3.12. The maximum Gasteiger partial charge on any atom is 0.331 e. The molecule has 6 heteroatoms. The van der Waals surface area contributed by atoms with E-state index in [9.17, 15) is 15.0 Å². The van der Waals surface area contributed by atoms with Gasteiger partial charge in [-0.3, -0.25) is 0 Å². The fourth-order valence-electron chi connectivity index (χ4n) is 3.56. The standard InChI is InChI=1S/C30H44O6/c1-7-8-15-25-16-10-9-11-17-27(35-6)30(33)29(32)24(4)19-20-26(34-5)23(3)14-12-13-22(2)18-21-28(31)36-25/h8-15,17-21,23-27,29-30,32-33H,7,16H2,1-6H3/b10-9?,14-12?,15-8+,17-11?,20-19?,21-18?,22-13?. The number of cyclic esters (lactones) is 1. The van der Waals surface area contributed by atoms with Crippen LogP contribution in [0.15, 0.2) is 84.6 Å². The zero-order chi connectivity index (χ0) is 26.9. The largest absolute Gasteiger partial charge is 0.455 e. The summed E-state index contributed by atoms with van der Waals surface area (Å²) in [5, 5.41) is 21.4. The minimum Gasteiger partial charge on any atom is -0.455 e. The first-order chi connectivity index (χ1) is 17.2. The van der Waals surface area contributed by atoms with Crippen molar-refractivity contribution in [3.05, 3.63) is 84.6 Å². The van der Waals surface area contributed by atoms with Crippen molar-refractivity contribution < 1.29 is 29.2 Å². The molecule has 0 aromatic heterocycles. The average Bonchev–Trinajstić information content (AvgIpc) is 2.86. The van der Waals surface area contributed by atoms with Gasteiger partial charge in [0.15, 0.2) is 0 Å². The van der Waals surface area contributed by atoms with Gasteiger partial charge in [0.1, 0.15) is 18.3 Å². The third-order valence-electron chi connectivity index (χ3n) is 5.92. The topological polar surface area (TPSA) is 85.2 Å². The fraction of sp³-hybridized carbons (Fsp3) is 0.500. The van der Waals surface area contributed by atoms with E-state index in [1.54, 1.807) is 31.4 Å². The lowest BCUT2D eigenvalue weighted by atomic mass is 9.94. The Labute approximate surface area is 217 Å². The third kappa shape index (κ3) is 12.0. The molecule has 200 valence electrons. The van der Waals surface area contributed by atoms with E-state index in [-0.39, 0.29) is 24.0 Å². The van der Waals surface area contributed by atoms with Crippen LogP contribution in [0.4, 0.5) is 0 Å². The van der Waals surface area contributed by atoms with Crippen molar-refractivity contribution in [2.45, 2.75) is 71.1 Å². The molecule has 7 atom stereocenters. The Kier molecular flexibility index (Phi) is 15.6. The van der Waals surface area contributed by atoms with Crippen LogP contribution in [0, 0.1) is 11.8 Å². The zero-order valence-electron chi connectivity index (χ0n) is 22.5. The molecular formula is C30H44O6. The smallest absolute Gasteiger partial charge is 0.331 e. The molecule has 0 saturated heterocycles. The first-order valence-electron chi connectivity index (χ1n) is 12.6. The molecule has 0 bridgehead atoms. The second-order valence-electron chi connectivity index (χ2n) is 8.97. The Morgan fingerprint density at radius 1 is 0.944 bits per heavy atom. The number of esters is 1. The van der Waals surface area contributed by atoms with E-state index in [1.165, 1.54) is 13.2 Å². The lowest BCUT2D eigenvalue weighted by molar-refractivity contribution is -0.140. The number of allylic oxidation sites excluding steroid dienone is 7. The molecular weight excluding hydrogens is 456 g/mol. The van der Waals surface area contributed by atoms with E-state index < -0.39 is 24.3 Å². The van der Waals surface area contributed by atoms with Crippen molar-refractivity contribution in [2.75, 3.05) is 14.2 Å². The molecule has 2 N–H and O–H groups in total. The molecule has 1 aliphatic heterocycles. The molecule has 6 nitrogen and oxygen atoms in total. The first-order valence-corrected chi connectivity index (χ1v) is 12.6. The van der Waals surface area contributed by atoms with Crippen molar-refractivity contribution in [2.24, 2.45) is 11.8 Å². The van der Waals surface area contributed by atoms with Gasteiger partial charge < -0.3 is 24.4 Å². The SMILES string of the molecule is CC/C=C/C1CC=CC=CC(OC)C(O)C(O)C(C)C=CC(OC)C(C)C=CC=C(C)C=CC(=O)O1. The molecule has 0 radical (unpaired) electrons. The van der Waals surface area contributed by atoms with E-state index in [0.717, 1.165) is 12.0 Å². The Bertz CT molecular complexity index is 848. The van der Waals surface area contributed by atoms with Crippen LogP contribution in [-0.2, 0) is 19.0 Å². The van der Waals surface area contributed by atoms with E-state index in [0.29, 0.717) is 6.42 Å². The van der Waals surface area contributed by atoms with Crippen molar-refractivity contribution in [1.82, 2.24) is 0 Å². The lowest BCUT2D eigenvalue weighted by Gasteiger charge is -2.27. The molecule has 0 aromatic rings. The highest BCUT2D eigenvalue weighted by molar-refractivity contribution is 5.82. The molecule has 0 saturated carbocycles. The molecule has 0 aliphatic carbocycles. The van der Waals surface area contributed by atoms with Gasteiger partial charge in [0.25, 0.3) is 0 Å². The molecule has 1 heterocycles. The second kappa shape index (κ2) is 17.8. The summed E-state index contributed by atoms with van der Waals surface area (Å²) in [6, 6.07) is 0. The predicted octanol–water partition coefficient (Wildman–Crippen LogP) is 5.02. The van der Waals surface area contributed by atoms with Gasteiger partial charge in [0.05, 0.1) is 12.2 Å². The minimum atomic E-state index is -1.11. The van der Waals surface area contributed by atoms with Crippen LogP contribution in [0.3, 0.4) is 0 Å². The Balaban J connectivity index is 3.24. The number of hydrogen-bond donors (Lipinski definition) is 2. The van der Waals surface area contributed by atoms with E-state index in [1.807, 2.05) is 76.3 Å². The highest BCUT2D eigenvalue weighted by atomic mass is 16.5. The molecule has 1 aliphatic rings. The van der Waals surface area contributed by atoms with Gasteiger partial charge in [-0.15, -0.1) is 0 Å². The van der Waals surface area contributed by atoms with Crippen LogP contribution >= 0.6 is 0 Å². The maximum absolute atomic E-state index is 12.3. The number of carbonyl (C=O) groups is 1. The van der Waals surface area contributed by atoms with E-state index in [2.05, 4.69) is 0 Å². The van der Waals surface area contributed by atoms with Gasteiger partial charge >= 0.3 is 5.97 Å². The zero-order valence-corrected chi connectivity index (χ0v) is 22.5. The van der Waals surface area contributed by atoms with Gasteiger partial charge in [-0.25, -0.2) is 4.79 Å². The molecule has 7 unspecified atom stereocenters. The first kappa shape index (κ1) is 31.5. The van der Waals surface area contributed by atoms with Crippen LogP contribution in [0.25, 0.3) is 0 Å². The number of aliphatic hydroxyl groups is 2. The summed E-state index contributed by atoms with van der Waals surface area (Å²) in [6.45, 7) is 7.81. The quantitative estimate of drug-likeness (QED) is 0.417. The molecule has 0 amide bonds. The predicted molar refractivity (Wildman–Crippen MR) is 145 cm³/mol. The Morgan fingerprint density at radius 2 is 1.67 bits per heavy atom. The molecule has 36 heavy (non-hydrogen) atoms. The second-order valence-corrected chi connectivity index (χ2v) is 8.97. The van der Waals surface area contributed by atoms with Crippen LogP contribution in [0.5, 0.6) is 0 Å². The molecule has 0 spiro atoms. The monoisotopic (exact) mass is 500 g/mol. The number of hydrogen-bond acceptors (Lipinski definition) is 6. The number of methoxy groups -OCH3 is 2. The summed E-state index contributed by atoms with van der Waals surface area (Å²) < 4.78 is 16.6. The minimum absolute atomic E-state index is 0.0592. The summed E-state index contributed by atoms with van der Waals surface area (Å²) >= 11 is 0. The summed E-state index contributed by atoms with van der Waals surface area (Å²) in [5.41, 5.74) is 0.908. The lowest BCUT2D eigenvalue weighted by Crippen LogP contribution is -2.40. The van der Waals surface area contributed by atoms with E-state index in [4.69, 9.17) is 14.2 Å². The molecule has 1 rings (SSSR count). The fourth-order valence-corrected chi connectivity index (χ4v) is 3.56. The van der Waals surface area contributed by atoms with Crippen LogP contribution in [-0.4, -0.2) is 60.9 Å². The summed E-state index contributed by atoms with van der Waals surface area (Å²) in [5.74, 6) is -0.669. The van der Waals surface area contributed by atoms with Crippen LogP contribution in [0.1, 0.15) is 40.5 Å². The summed E-state index contributed by atoms with van der Waals surface area (Å²) in [6.07, 6.45) is 21.7. The highest BCUT2D eigenvalue weighted by Crippen LogP contribution is 2.18. The normalized spacial score (nSPS) is 31.6. The number of rotatable bonds is 4. The van der Waals surface area contributed by atoms with Gasteiger partial charge in [-0.05, 0) is 19.4 Å². The molecule has 0 fully saturated rings. The van der Waals surface area contributed by atoms with Gasteiger partial charge in [0, 0.05) is 38.6 Å². The van der Waals surface area contributed by atoms with Gasteiger partial charge in [-0.2, -0.15) is 0 Å². The maximum atomic E-state index is 12.3. The highest BCUT2D eigenvalue weighted by Gasteiger charge is 2.28. The molecule has 0 aromatic carbocycles. The number of carbonyl (C=O) groups excluding carboxylic acids is 1. The average molecular weight is 501 g/mol. The van der Waals surface area contributed by atoms with Crippen molar-refractivity contribution in [3.8, 4) is 0 Å². The van der Waals surface area contributed by atoms with E-state index >= 15 is 0 Å². The Hall–Kier alpha value is -2.51.